The summed E-state index contributed by atoms with van der Waals surface area (Å²) in [6, 6.07) is 13.9. The van der Waals surface area contributed by atoms with E-state index in [1.54, 1.807) is 18.2 Å². The van der Waals surface area contributed by atoms with Crippen LogP contribution in [0.15, 0.2) is 54.3 Å². The zero-order valence-corrected chi connectivity index (χ0v) is 20.6. The van der Waals surface area contributed by atoms with Crippen molar-refractivity contribution in [1.29, 1.82) is 0 Å². The molecule has 2 aromatic carbocycles. The highest BCUT2D eigenvalue weighted by Crippen LogP contribution is 2.50. The van der Waals surface area contributed by atoms with Crippen molar-refractivity contribution in [1.82, 2.24) is 4.98 Å². The van der Waals surface area contributed by atoms with Crippen molar-refractivity contribution in [3.05, 3.63) is 71.4 Å². The van der Waals surface area contributed by atoms with Crippen LogP contribution in [0, 0.1) is 5.82 Å². The number of carbonyl (C=O) groups excluding carboxylic acids is 1. The predicted molar refractivity (Wildman–Crippen MR) is 132 cm³/mol. The molecule has 0 saturated carbocycles. The summed E-state index contributed by atoms with van der Waals surface area (Å²) in [6.07, 6.45) is -0.00622. The number of carbonyl (C=O) groups is 1. The van der Waals surface area contributed by atoms with Gasteiger partial charge in [-0.2, -0.15) is 0 Å². The van der Waals surface area contributed by atoms with Gasteiger partial charge in [0.25, 0.3) is 0 Å². The van der Waals surface area contributed by atoms with Crippen molar-refractivity contribution in [3.63, 3.8) is 0 Å². The number of esters is 1. The van der Waals surface area contributed by atoms with Crippen LogP contribution in [-0.2, 0) is 18.6 Å². The Labute approximate surface area is 198 Å². The van der Waals surface area contributed by atoms with Gasteiger partial charge < -0.3 is 14.4 Å². The van der Waals surface area contributed by atoms with Gasteiger partial charge in [-0.15, -0.1) is 0 Å². The van der Waals surface area contributed by atoms with Gasteiger partial charge >= 0.3 is 5.97 Å². The first-order valence-corrected chi connectivity index (χ1v) is 12.8. The number of hydrogen-bond donors (Lipinski definition) is 1. The Kier molecular flexibility index (Phi) is 8.37. The third-order valence-corrected chi connectivity index (χ3v) is 7.66. The minimum absolute atomic E-state index is 0.0373. The van der Waals surface area contributed by atoms with Crippen LogP contribution in [0.5, 0.6) is 0 Å². The summed E-state index contributed by atoms with van der Waals surface area (Å²) in [5, 5.41) is 11.1. The minimum Gasteiger partial charge on any atom is -0.469 e. The summed E-state index contributed by atoms with van der Waals surface area (Å²) in [5.41, 5.74) is 3.95. The molecular formula is C26H29FNO5P. The van der Waals surface area contributed by atoms with Crippen molar-refractivity contribution >= 4 is 30.3 Å². The van der Waals surface area contributed by atoms with Gasteiger partial charge in [0, 0.05) is 29.4 Å². The Hall–Kier alpha value is -2.86. The van der Waals surface area contributed by atoms with Crippen LogP contribution >= 0.6 is 7.37 Å². The maximum atomic E-state index is 13.7. The van der Waals surface area contributed by atoms with Gasteiger partial charge in [0.15, 0.2) is 0 Å². The van der Waals surface area contributed by atoms with E-state index in [9.17, 15) is 18.9 Å². The highest BCUT2D eigenvalue weighted by atomic mass is 31.2. The quantitative estimate of drug-likeness (QED) is 0.296. The maximum absolute atomic E-state index is 13.7. The SMILES string of the molecule is COC(=O)C[C@H](O)CP(=O)(/C=C/c1c(C(C)C)nc2ccccc2c1-c1ccc(F)cc1)OC. The van der Waals surface area contributed by atoms with E-state index in [0.29, 0.717) is 0 Å². The Morgan fingerprint density at radius 2 is 1.82 bits per heavy atom. The van der Waals surface area contributed by atoms with Crippen molar-refractivity contribution in [2.75, 3.05) is 20.4 Å². The van der Waals surface area contributed by atoms with Crippen LogP contribution in [0.1, 0.15) is 37.4 Å². The molecule has 0 bridgehead atoms. The number of para-hydroxylation sites is 1. The fourth-order valence-electron chi connectivity index (χ4n) is 3.80. The van der Waals surface area contributed by atoms with Crippen LogP contribution in [0.3, 0.4) is 0 Å². The molecule has 3 aromatic rings. The first kappa shape index (κ1) is 25.8. The molecule has 2 atom stereocenters. The van der Waals surface area contributed by atoms with Gasteiger partial charge in [0.05, 0.1) is 37.0 Å². The minimum atomic E-state index is -3.44. The number of fused-ring (bicyclic) bond motifs is 1. The molecule has 0 aliphatic rings. The van der Waals surface area contributed by atoms with Crippen molar-refractivity contribution in [3.8, 4) is 11.1 Å². The number of pyridine rings is 1. The number of rotatable bonds is 9. The molecule has 0 amide bonds. The molecule has 1 heterocycles. The second kappa shape index (κ2) is 11.0. The average molecular weight is 485 g/mol. The molecule has 6 nitrogen and oxygen atoms in total. The lowest BCUT2D eigenvalue weighted by molar-refractivity contribution is -0.142. The zero-order chi connectivity index (χ0) is 24.9. The molecule has 3 rings (SSSR count). The number of halogens is 1. The third-order valence-electron chi connectivity index (χ3n) is 5.51. The van der Waals surface area contributed by atoms with E-state index in [1.165, 1.54) is 32.2 Å². The lowest BCUT2D eigenvalue weighted by atomic mass is 9.91. The first-order valence-electron chi connectivity index (χ1n) is 10.9. The van der Waals surface area contributed by atoms with Gasteiger partial charge in [-0.25, -0.2) is 4.39 Å². The number of hydrogen-bond acceptors (Lipinski definition) is 6. The molecule has 0 spiro atoms. The Bertz CT molecular complexity index is 1240. The second-order valence-corrected chi connectivity index (χ2v) is 10.8. The third kappa shape index (κ3) is 5.98. The largest absolute Gasteiger partial charge is 0.469 e. The van der Waals surface area contributed by atoms with Crippen LogP contribution in [0.2, 0.25) is 0 Å². The van der Waals surface area contributed by atoms with Crippen LogP contribution in [0.4, 0.5) is 4.39 Å². The summed E-state index contributed by atoms with van der Waals surface area (Å²) in [7, 11) is -0.916. The summed E-state index contributed by atoms with van der Waals surface area (Å²) >= 11 is 0. The van der Waals surface area contributed by atoms with E-state index in [1.807, 2.05) is 38.1 Å². The monoisotopic (exact) mass is 485 g/mol. The fourth-order valence-corrected chi connectivity index (χ4v) is 5.29. The standard InChI is InChI=1S/C26H29FNO5P/c1-17(2)26-22(13-14-34(31,33-4)16-20(29)15-24(30)32-3)25(18-9-11-19(27)12-10-18)21-7-5-6-8-23(21)28-26/h5-14,17,20,29H,15-16H2,1-4H3/b14-13+/t20-,34?/m0/s1. The molecule has 1 N–H and O–H groups in total. The maximum Gasteiger partial charge on any atom is 0.308 e. The van der Waals surface area contributed by atoms with Gasteiger partial charge in [0.2, 0.25) is 7.37 Å². The molecule has 0 aliphatic heterocycles. The number of aromatic nitrogens is 1. The van der Waals surface area contributed by atoms with Crippen LogP contribution in [-0.4, -0.2) is 42.5 Å². The fraction of sp³-hybridized carbons (Fsp3) is 0.308. The zero-order valence-electron chi connectivity index (χ0n) is 19.7. The summed E-state index contributed by atoms with van der Waals surface area (Å²) in [5.74, 6) is 0.540. The van der Waals surface area contributed by atoms with E-state index >= 15 is 0 Å². The van der Waals surface area contributed by atoms with Gasteiger partial charge in [-0.3, -0.25) is 14.3 Å². The van der Waals surface area contributed by atoms with Crippen molar-refractivity contribution in [2.24, 2.45) is 0 Å². The molecule has 0 aliphatic carbocycles. The number of aliphatic hydroxyl groups excluding tert-OH is 1. The van der Waals surface area contributed by atoms with Gasteiger partial charge in [-0.05, 0) is 35.8 Å². The summed E-state index contributed by atoms with van der Waals surface area (Å²) in [4.78, 5) is 16.3. The van der Waals surface area contributed by atoms with Crippen LogP contribution in [0.25, 0.3) is 28.1 Å². The lowest BCUT2D eigenvalue weighted by Gasteiger charge is -2.19. The average Bonchev–Trinajstić information content (AvgIpc) is 2.82. The second-order valence-electron chi connectivity index (χ2n) is 8.31. The van der Waals surface area contributed by atoms with Crippen molar-refractivity contribution < 1.29 is 28.1 Å². The summed E-state index contributed by atoms with van der Waals surface area (Å²) < 4.78 is 36.9. The van der Waals surface area contributed by atoms with E-state index in [0.717, 1.165) is 33.3 Å². The van der Waals surface area contributed by atoms with Gasteiger partial charge in [0.1, 0.15) is 5.82 Å². The first-order chi connectivity index (χ1) is 16.2. The smallest absolute Gasteiger partial charge is 0.308 e. The van der Waals surface area contributed by atoms with E-state index in [4.69, 9.17) is 9.51 Å². The molecular weight excluding hydrogens is 456 g/mol. The molecule has 34 heavy (non-hydrogen) atoms. The molecule has 0 fully saturated rings. The van der Waals surface area contributed by atoms with E-state index in [-0.39, 0.29) is 24.3 Å². The number of nitrogens with zero attached hydrogens (tertiary/aromatic N) is 1. The highest BCUT2D eigenvalue weighted by molar-refractivity contribution is 7.62. The number of ether oxygens (including phenoxy) is 1. The number of aliphatic hydroxyl groups is 1. The Morgan fingerprint density at radius 3 is 2.44 bits per heavy atom. The molecule has 180 valence electrons. The number of benzene rings is 2. The lowest BCUT2D eigenvalue weighted by Crippen LogP contribution is -2.18. The van der Waals surface area contributed by atoms with Gasteiger partial charge in [-0.1, -0.05) is 44.2 Å². The molecule has 8 heteroatoms. The molecule has 0 saturated heterocycles. The predicted octanol–water partition coefficient (Wildman–Crippen LogP) is 5.98. The molecule has 0 radical (unpaired) electrons. The van der Waals surface area contributed by atoms with E-state index in [2.05, 4.69) is 4.74 Å². The Morgan fingerprint density at radius 1 is 1.15 bits per heavy atom. The Balaban J connectivity index is 2.16. The van der Waals surface area contributed by atoms with Crippen LogP contribution < -0.4 is 0 Å². The topological polar surface area (TPSA) is 85.7 Å². The highest BCUT2D eigenvalue weighted by Gasteiger charge is 2.26. The molecule has 1 unspecified atom stereocenters. The van der Waals surface area contributed by atoms with E-state index < -0.39 is 19.4 Å². The normalized spacial score (nSPS) is 14.4. The molecule has 1 aromatic heterocycles. The summed E-state index contributed by atoms with van der Waals surface area (Å²) in [6.45, 7) is 4.03. The van der Waals surface area contributed by atoms with Crippen molar-refractivity contribution in [2.45, 2.75) is 32.3 Å². The number of methoxy groups -OCH3 is 1.